The normalized spacial score (nSPS) is 19.6. The van der Waals surface area contributed by atoms with E-state index in [2.05, 4.69) is 31.0 Å². The van der Waals surface area contributed by atoms with Crippen molar-refractivity contribution in [3.8, 4) is 0 Å². The van der Waals surface area contributed by atoms with Gasteiger partial charge in [-0.05, 0) is 47.0 Å². The number of methoxy groups -OCH3 is 2. The van der Waals surface area contributed by atoms with Crippen molar-refractivity contribution in [2.75, 3.05) is 27.4 Å². The Bertz CT molecular complexity index is 331. The molecular weight excluding hydrogens is 268 g/mol. The Kier molecular flexibility index (Phi) is 7.10. The Morgan fingerprint density at radius 2 is 1.95 bits per heavy atom. The molecule has 1 rings (SSSR count). The molecule has 124 valence electrons. The predicted molar refractivity (Wildman–Crippen MR) is 84.4 cm³/mol. The lowest BCUT2D eigenvalue weighted by Gasteiger charge is -2.37. The Labute approximate surface area is 129 Å². The summed E-state index contributed by atoms with van der Waals surface area (Å²) in [6.45, 7) is 9.88. The zero-order valence-corrected chi connectivity index (χ0v) is 14.4. The highest BCUT2D eigenvalue weighted by atomic mass is 16.5. The largest absolute Gasteiger partial charge is 0.468 e. The molecule has 1 aliphatic carbocycles. The molecule has 0 aromatic carbocycles. The molecule has 1 N–H and O–H groups in total. The number of hydrogen-bond acceptors (Lipinski definition) is 5. The number of hydrogen-bond donors (Lipinski definition) is 1. The third kappa shape index (κ3) is 5.57. The maximum Gasteiger partial charge on any atom is 0.325 e. The first-order chi connectivity index (χ1) is 9.84. The van der Waals surface area contributed by atoms with Gasteiger partial charge in [-0.15, -0.1) is 0 Å². The van der Waals surface area contributed by atoms with Crippen LogP contribution in [0.5, 0.6) is 0 Å². The van der Waals surface area contributed by atoms with Gasteiger partial charge in [0.15, 0.2) is 0 Å². The average molecular weight is 300 g/mol. The van der Waals surface area contributed by atoms with E-state index in [-0.39, 0.29) is 12.0 Å². The van der Waals surface area contributed by atoms with Gasteiger partial charge in [0, 0.05) is 31.8 Å². The fourth-order valence-electron chi connectivity index (χ4n) is 3.14. The van der Waals surface area contributed by atoms with Gasteiger partial charge in [-0.25, -0.2) is 0 Å². The summed E-state index contributed by atoms with van der Waals surface area (Å²) >= 11 is 0. The van der Waals surface area contributed by atoms with Crippen LogP contribution in [0.3, 0.4) is 0 Å². The molecular formula is C16H32N2O3. The van der Waals surface area contributed by atoms with Gasteiger partial charge in [0.2, 0.25) is 0 Å². The summed E-state index contributed by atoms with van der Waals surface area (Å²) in [4.78, 5) is 14.7. The standard InChI is InChI=1S/C16H32N2O3/c1-12(2)17-16(4,15(19)21-6)11-13(3)18(9-10-20-5)14-7-8-14/h12-14,17H,7-11H2,1-6H3. The van der Waals surface area contributed by atoms with Crippen molar-refractivity contribution in [2.24, 2.45) is 0 Å². The molecule has 0 amide bonds. The monoisotopic (exact) mass is 300 g/mol. The van der Waals surface area contributed by atoms with E-state index in [9.17, 15) is 4.79 Å². The molecule has 5 heteroatoms. The lowest BCUT2D eigenvalue weighted by molar-refractivity contribution is -0.149. The van der Waals surface area contributed by atoms with Gasteiger partial charge in [-0.2, -0.15) is 0 Å². The van der Waals surface area contributed by atoms with Crippen molar-refractivity contribution >= 4 is 5.97 Å². The van der Waals surface area contributed by atoms with E-state index in [0.717, 1.165) is 19.6 Å². The van der Waals surface area contributed by atoms with Crippen LogP contribution in [0.1, 0.15) is 47.0 Å². The second-order valence-corrected chi connectivity index (χ2v) is 6.64. The summed E-state index contributed by atoms with van der Waals surface area (Å²) in [5.41, 5.74) is -0.650. The van der Waals surface area contributed by atoms with E-state index < -0.39 is 5.54 Å². The van der Waals surface area contributed by atoms with E-state index in [1.54, 1.807) is 7.11 Å². The van der Waals surface area contributed by atoms with Crippen LogP contribution in [0, 0.1) is 0 Å². The first-order valence-corrected chi connectivity index (χ1v) is 7.95. The van der Waals surface area contributed by atoms with E-state index >= 15 is 0 Å². The number of carbonyl (C=O) groups is 1. The van der Waals surface area contributed by atoms with E-state index in [1.165, 1.54) is 20.0 Å². The summed E-state index contributed by atoms with van der Waals surface area (Å²) in [6.07, 6.45) is 3.24. The fourth-order valence-corrected chi connectivity index (χ4v) is 3.14. The Morgan fingerprint density at radius 3 is 2.38 bits per heavy atom. The van der Waals surface area contributed by atoms with E-state index in [1.807, 2.05) is 6.92 Å². The van der Waals surface area contributed by atoms with Crippen LogP contribution in [0.2, 0.25) is 0 Å². The third-order valence-electron chi connectivity index (χ3n) is 4.08. The highest BCUT2D eigenvalue weighted by Gasteiger charge is 2.40. The third-order valence-corrected chi connectivity index (χ3v) is 4.08. The fraction of sp³-hybridized carbons (Fsp3) is 0.938. The Morgan fingerprint density at radius 1 is 1.33 bits per heavy atom. The molecule has 2 atom stereocenters. The topological polar surface area (TPSA) is 50.8 Å². The summed E-state index contributed by atoms with van der Waals surface area (Å²) in [5, 5.41) is 3.38. The van der Waals surface area contributed by atoms with Crippen molar-refractivity contribution in [1.82, 2.24) is 10.2 Å². The lowest BCUT2D eigenvalue weighted by atomic mass is 9.91. The van der Waals surface area contributed by atoms with Crippen LogP contribution in [0.4, 0.5) is 0 Å². The zero-order chi connectivity index (χ0) is 16.0. The van der Waals surface area contributed by atoms with Gasteiger partial charge in [-0.1, -0.05) is 0 Å². The summed E-state index contributed by atoms with van der Waals surface area (Å²) in [5.74, 6) is -0.189. The van der Waals surface area contributed by atoms with Crippen molar-refractivity contribution < 1.29 is 14.3 Å². The lowest BCUT2D eigenvalue weighted by Crippen LogP contribution is -2.56. The van der Waals surface area contributed by atoms with E-state index in [4.69, 9.17) is 9.47 Å². The highest BCUT2D eigenvalue weighted by Crippen LogP contribution is 2.31. The van der Waals surface area contributed by atoms with Crippen LogP contribution in [-0.2, 0) is 14.3 Å². The molecule has 1 aliphatic rings. The van der Waals surface area contributed by atoms with Crippen LogP contribution in [-0.4, -0.2) is 61.9 Å². The molecule has 1 fully saturated rings. The van der Waals surface area contributed by atoms with Crippen molar-refractivity contribution in [1.29, 1.82) is 0 Å². The van der Waals surface area contributed by atoms with Gasteiger partial charge in [0.25, 0.3) is 0 Å². The van der Waals surface area contributed by atoms with Gasteiger partial charge >= 0.3 is 5.97 Å². The van der Waals surface area contributed by atoms with Gasteiger partial charge < -0.3 is 9.47 Å². The molecule has 0 bridgehead atoms. The van der Waals surface area contributed by atoms with Crippen molar-refractivity contribution in [3.05, 3.63) is 0 Å². The molecule has 21 heavy (non-hydrogen) atoms. The minimum atomic E-state index is -0.650. The number of nitrogens with zero attached hydrogens (tertiary/aromatic N) is 1. The second-order valence-electron chi connectivity index (χ2n) is 6.64. The number of ether oxygens (including phenoxy) is 2. The van der Waals surface area contributed by atoms with Gasteiger partial charge in [0.05, 0.1) is 13.7 Å². The second kappa shape index (κ2) is 8.11. The highest BCUT2D eigenvalue weighted by molar-refractivity contribution is 5.80. The average Bonchev–Trinajstić information content (AvgIpc) is 3.21. The summed E-state index contributed by atoms with van der Waals surface area (Å²) in [7, 11) is 3.19. The maximum atomic E-state index is 12.2. The quantitative estimate of drug-likeness (QED) is 0.624. The summed E-state index contributed by atoms with van der Waals surface area (Å²) < 4.78 is 10.2. The molecule has 0 heterocycles. The summed E-state index contributed by atoms with van der Waals surface area (Å²) in [6, 6.07) is 1.19. The van der Waals surface area contributed by atoms with Crippen molar-refractivity contribution in [3.63, 3.8) is 0 Å². The van der Waals surface area contributed by atoms with Crippen molar-refractivity contribution in [2.45, 2.75) is 70.6 Å². The van der Waals surface area contributed by atoms with Crippen LogP contribution in [0.15, 0.2) is 0 Å². The molecule has 0 aliphatic heterocycles. The minimum Gasteiger partial charge on any atom is -0.468 e. The Balaban J connectivity index is 2.72. The molecule has 0 aromatic rings. The number of rotatable bonds is 10. The van der Waals surface area contributed by atoms with E-state index in [0.29, 0.717) is 12.1 Å². The molecule has 1 saturated carbocycles. The number of carbonyl (C=O) groups excluding carboxylic acids is 1. The van der Waals surface area contributed by atoms with Gasteiger partial charge in [0.1, 0.15) is 5.54 Å². The molecule has 0 radical (unpaired) electrons. The van der Waals surface area contributed by atoms with Crippen LogP contribution >= 0.6 is 0 Å². The molecule has 5 nitrogen and oxygen atoms in total. The molecule has 0 saturated heterocycles. The van der Waals surface area contributed by atoms with Crippen LogP contribution in [0.25, 0.3) is 0 Å². The zero-order valence-electron chi connectivity index (χ0n) is 14.4. The SMILES string of the molecule is COCCN(C(C)CC(C)(NC(C)C)C(=O)OC)C1CC1. The predicted octanol–water partition coefficient (Wildman–Crippen LogP) is 1.81. The molecule has 0 aromatic heterocycles. The number of nitrogens with one attached hydrogen (secondary N) is 1. The molecule has 0 spiro atoms. The minimum absolute atomic E-state index is 0.189. The first-order valence-electron chi connectivity index (χ1n) is 7.95. The number of esters is 1. The Hall–Kier alpha value is -0.650. The first kappa shape index (κ1) is 18.4. The van der Waals surface area contributed by atoms with Crippen LogP contribution < -0.4 is 5.32 Å². The van der Waals surface area contributed by atoms with Gasteiger partial charge in [-0.3, -0.25) is 15.0 Å². The smallest absolute Gasteiger partial charge is 0.325 e. The maximum absolute atomic E-state index is 12.2. The molecule has 2 unspecified atom stereocenters.